The van der Waals surface area contributed by atoms with Crippen LogP contribution >= 0.6 is 0 Å². The van der Waals surface area contributed by atoms with Crippen LogP contribution in [-0.2, 0) is 19.1 Å². The minimum atomic E-state index is -1.38. The summed E-state index contributed by atoms with van der Waals surface area (Å²) in [4.78, 5) is 37.0. The zero-order valence-corrected chi connectivity index (χ0v) is 18.1. The first-order valence-electron chi connectivity index (χ1n) is 10.9. The lowest BCUT2D eigenvalue weighted by Gasteiger charge is -2.58. The van der Waals surface area contributed by atoms with E-state index in [0.717, 1.165) is 6.42 Å². The van der Waals surface area contributed by atoms with Crippen LogP contribution in [0.15, 0.2) is 23.8 Å². The molecule has 4 aliphatic rings. The molecular formula is C24H31FO5. The van der Waals surface area contributed by atoms with Gasteiger partial charge in [0, 0.05) is 23.7 Å². The molecule has 8 atom stereocenters. The van der Waals surface area contributed by atoms with Crippen LogP contribution in [0.4, 0.5) is 4.39 Å². The predicted octanol–water partition coefficient (Wildman–Crippen LogP) is 3.35. The van der Waals surface area contributed by atoms with Gasteiger partial charge in [-0.05, 0) is 61.2 Å². The van der Waals surface area contributed by atoms with E-state index in [1.54, 1.807) is 6.08 Å². The van der Waals surface area contributed by atoms with E-state index in [-0.39, 0.29) is 29.5 Å². The van der Waals surface area contributed by atoms with Gasteiger partial charge in [0.15, 0.2) is 11.4 Å². The second kappa shape index (κ2) is 6.84. The minimum Gasteiger partial charge on any atom is -0.450 e. The Bertz CT molecular complexity index is 862. The summed E-state index contributed by atoms with van der Waals surface area (Å²) in [6, 6.07) is 0. The first-order valence-corrected chi connectivity index (χ1v) is 10.9. The number of ether oxygens (including phenoxy) is 1. The van der Waals surface area contributed by atoms with E-state index in [0.29, 0.717) is 24.8 Å². The lowest BCUT2D eigenvalue weighted by molar-refractivity contribution is -0.195. The molecular weight excluding hydrogens is 387 g/mol. The highest BCUT2D eigenvalue weighted by atomic mass is 19.1. The number of aliphatic hydroxyl groups excluding tert-OH is 1. The number of alkyl halides is 1. The Morgan fingerprint density at radius 1 is 1.27 bits per heavy atom. The number of carbonyl (C=O) groups is 3. The number of ketones is 2. The molecule has 3 saturated carbocycles. The monoisotopic (exact) mass is 418 g/mol. The molecule has 1 N–H and O–H groups in total. The molecule has 0 spiro atoms. The smallest absolute Gasteiger partial charge is 0.303 e. The van der Waals surface area contributed by atoms with Gasteiger partial charge in [-0.1, -0.05) is 26.8 Å². The third-order valence-electron chi connectivity index (χ3n) is 8.94. The molecule has 0 aromatic carbocycles. The van der Waals surface area contributed by atoms with Crippen molar-refractivity contribution in [2.24, 2.45) is 34.5 Å². The van der Waals surface area contributed by atoms with Crippen LogP contribution in [0.2, 0.25) is 0 Å². The van der Waals surface area contributed by atoms with Gasteiger partial charge >= 0.3 is 5.97 Å². The summed E-state index contributed by atoms with van der Waals surface area (Å²) in [5, 5.41) is 9.74. The van der Waals surface area contributed by atoms with Gasteiger partial charge in [-0.25, -0.2) is 4.39 Å². The van der Waals surface area contributed by atoms with E-state index in [9.17, 15) is 19.5 Å². The third kappa shape index (κ3) is 2.58. The summed E-state index contributed by atoms with van der Waals surface area (Å²) in [6.45, 7) is 6.51. The Balaban J connectivity index is 1.79. The normalized spacial score (nSPS) is 47.1. The Morgan fingerprint density at radius 2 is 1.97 bits per heavy atom. The highest BCUT2D eigenvalue weighted by Crippen LogP contribution is 2.69. The predicted molar refractivity (Wildman–Crippen MR) is 108 cm³/mol. The molecule has 0 bridgehead atoms. The van der Waals surface area contributed by atoms with Gasteiger partial charge in [-0.3, -0.25) is 14.4 Å². The van der Waals surface area contributed by atoms with Crippen LogP contribution in [0.5, 0.6) is 0 Å². The zero-order chi connectivity index (χ0) is 22.1. The van der Waals surface area contributed by atoms with Crippen molar-refractivity contribution in [3.63, 3.8) is 0 Å². The van der Waals surface area contributed by atoms with E-state index in [4.69, 9.17) is 4.74 Å². The average Bonchev–Trinajstić information content (AvgIpc) is 2.90. The van der Waals surface area contributed by atoms with E-state index in [2.05, 4.69) is 0 Å². The molecule has 164 valence electrons. The standard InChI is InChI=1S/C24H31FO5/c1-13-9-18-16-11-20(25)19-10-15(28)5-7-22(19,3)17(16)6-8-23(18,4)24(13,21(29)12-26)30-14(2)27/h5,7,10,13,16-18,20,26H,6,8-9,11-12H2,1-4H3/t13?,16-,17+,18+,20?,22-,23+,24+/m1/s1. The topological polar surface area (TPSA) is 80.7 Å². The third-order valence-corrected chi connectivity index (χ3v) is 8.94. The van der Waals surface area contributed by atoms with Crippen molar-refractivity contribution in [3.8, 4) is 0 Å². The molecule has 3 fully saturated rings. The maximum absolute atomic E-state index is 15.4. The van der Waals surface area contributed by atoms with Crippen LogP contribution < -0.4 is 0 Å². The van der Waals surface area contributed by atoms with Gasteiger partial charge in [-0.15, -0.1) is 0 Å². The van der Waals surface area contributed by atoms with Gasteiger partial charge in [0.05, 0.1) is 0 Å². The van der Waals surface area contributed by atoms with Gasteiger partial charge in [-0.2, -0.15) is 0 Å². The summed E-state index contributed by atoms with van der Waals surface area (Å²) in [5.41, 5.74) is -1.99. The van der Waals surface area contributed by atoms with Crippen molar-refractivity contribution in [1.29, 1.82) is 0 Å². The van der Waals surface area contributed by atoms with Crippen molar-refractivity contribution in [3.05, 3.63) is 23.8 Å². The molecule has 0 aromatic heterocycles. The Hall–Kier alpha value is -1.82. The van der Waals surface area contributed by atoms with Gasteiger partial charge in [0.1, 0.15) is 12.8 Å². The quantitative estimate of drug-likeness (QED) is 0.711. The lowest BCUT2D eigenvalue weighted by Crippen LogP contribution is -2.61. The maximum Gasteiger partial charge on any atom is 0.303 e. The number of hydrogen-bond acceptors (Lipinski definition) is 5. The van der Waals surface area contributed by atoms with Crippen LogP contribution in [-0.4, -0.2) is 41.0 Å². The minimum absolute atomic E-state index is 0.00475. The maximum atomic E-state index is 15.4. The highest BCUT2D eigenvalue weighted by molar-refractivity contribution is 6.01. The first kappa shape index (κ1) is 21.4. The van der Waals surface area contributed by atoms with E-state index < -0.39 is 41.0 Å². The van der Waals surface area contributed by atoms with Crippen molar-refractivity contribution in [1.82, 2.24) is 0 Å². The molecule has 4 aliphatic carbocycles. The van der Waals surface area contributed by atoms with Gasteiger partial charge < -0.3 is 9.84 Å². The van der Waals surface area contributed by atoms with E-state index >= 15 is 4.39 Å². The fraction of sp³-hybridized carbons (Fsp3) is 0.708. The lowest BCUT2D eigenvalue weighted by atomic mass is 9.46. The number of allylic oxidation sites excluding steroid dienone is 4. The molecule has 4 rings (SSSR count). The highest BCUT2D eigenvalue weighted by Gasteiger charge is 2.71. The largest absolute Gasteiger partial charge is 0.450 e. The van der Waals surface area contributed by atoms with E-state index in [1.807, 2.05) is 26.8 Å². The Kier molecular flexibility index (Phi) is 4.88. The number of halogens is 1. The van der Waals surface area contributed by atoms with E-state index in [1.165, 1.54) is 13.0 Å². The molecule has 5 nitrogen and oxygen atoms in total. The van der Waals surface area contributed by atoms with Gasteiger partial charge in [0.2, 0.25) is 5.78 Å². The fourth-order valence-electron chi connectivity index (χ4n) is 7.74. The van der Waals surface area contributed by atoms with Crippen LogP contribution in [0.3, 0.4) is 0 Å². The van der Waals surface area contributed by atoms with Crippen LogP contribution in [0.25, 0.3) is 0 Å². The second-order valence-corrected chi connectivity index (χ2v) is 10.2. The Morgan fingerprint density at radius 3 is 2.60 bits per heavy atom. The summed E-state index contributed by atoms with van der Waals surface area (Å²) in [5.74, 6) is -1.28. The summed E-state index contributed by atoms with van der Waals surface area (Å²) < 4.78 is 21.1. The Labute approximate surface area is 176 Å². The zero-order valence-electron chi connectivity index (χ0n) is 18.1. The molecule has 2 unspecified atom stereocenters. The number of esters is 1. The molecule has 0 aromatic rings. The molecule has 30 heavy (non-hydrogen) atoms. The van der Waals surface area contributed by atoms with Crippen LogP contribution in [0, 0.1) is 34.5 Å². The molecule has 6 heteroatoms. The number of fused-ring (bicyclic) bond motifs is 5. The fourth-order valence-corrected chi connectivity index (χ4v) is 7.74. The van der Waals surface area contributed by atoms with Crippen molar-refractivity contribution < 1.29 is 28.6 Å². The second-order valence-electron chi connectivity index (χ2n) is 10.2. The molecule has 0 amide bonds. The number of aliphatic hydroxyl groups is 1. The number of carbonyl (C=O) groups excluding carboxylic acids is 3. The summed E-state index contributed by atoms with van der Waals surface area (Å²) in [7, 11) is 0. The first-order chi connectivity index (χ1) is 14.0. The molecule has 0 aliphatic heterocycles. The number of rotatable bonds is 3. The summed E-state index contributed by atoms with van der Waals surface area (Å²) in [6.07, 6.45) is 6.00. The van der Waals surface area contributed by atoms with Gasteiger partial charge in [0.25, 0.3) is 0 Å². The average molecular weight is 419 g/mol. The van der Waals surface area contributed by atoms with Crippen molar-refractivity contribution in [2.45, 2.75) is 65.2 Å². The number of Topliss-reactive ketones (excluding diaryl/α,β-unsaturated/α-hetero) is 1. The molecule has 0 radical (unpaired) electrons. The summed E-state index contributed by atoms with van der Waals surface area (Å²) >= 11 is 0. The van der Waals surface area contributed by atoms with Crippen molar-refractivity contribution in [2.75, 3.05) is 6.61 Å². The van der Waals surface area contributed by atoms with Crippen LogP contribution in [0.1, 0.15) is 53.4 Å². The molecule has 0 heterocycles. The molecule has 0 saturated heterocycles. The SMILES string of the molecule is CC(=O)O[C@]1(C(=O)CO)C(C)C[C@H]2[C@@H]3CC(F)C4=CC(=O)C=C[C@]4(C)[C@H]3CC[C@@]21C. The van der Waals surface area contributed by atoms with Crippen molar-refractivity contribution >= 4 is 17.5 Å². The number of hydrogen-bond donors (Lipinski definition) is 1.